The average Bonchev–Trinajstić information content (AvgIpc) is 2.85. The van der Waals surface area contributed by atoms with Crippen molar-refractivity contribution >= 4 is 22.5 Å². The van der Waals surface area contributed by atoms with Gasteiger partial charge in [-0.05, 0) is 42.8 Å². The predicted octanol–water partition coefficient (Wildman–Crippen LogP) is 3.78. The molecule has 4 nitrogen and oxygen atoms in total. The Labute approximate surface area is 131 Å². The number of nitrogens with one attached hydrogen (secondary N) is 1. The van der Waals surface area contributed by atoms with Gasteiger partial charge in [0.2, 0.25) is 0 Å². The van der Waals surface area contributed by atoms with Crippen LogP contribution in [0.3, 0.4) is 0 Å². The lowest BCUT2D eigenvalue weighted by Crippen LogP contribution is -2.14. The summed E-state index contributed by atoms with van der Waals surface area (Å²) in [7, 11) is 0. The van der Waals surface area contributed by atoms with E-state index in [4.69, 9.17) is 11.6 Å². The third-order valence-corrected chi connectivity index (χ3v) is 3.97. The lowest BCUT2D eigenvalue weighted by Gasteiger charge is -2.02. The number of fused-ring (bicyclic) bond motifs is 3. The topological polar surface area (TPSA) is 50.7 Å². The summed E-state index contributed by atoms with van der Waals surface area (Å²) in [6.07, 6.45) is 1.70. The number of hydrogen-bond donors (Lipinski definition) is 1. The molecule has 1 N–H and O–H groups in total. The Morgan fingerprint density at radius 2 is 2.05 bits per heavy atom. The zero-order chi connectivity index (χ0) is 15.3. The van der Waals surface area contributed by atoms with Crippen LogP contribution >= 0.6 is 11.6 Å². The fourth-order valence-electron chi connectivity index (χ4n) is 2.67. The van der Waals surface area contributed by atoms with E-state index in [1.165, 1.54) is 4.68 Å². The molecule has 0 amide bonds. The molecule has 22 heavy (non-hydrogen) atoms. The van der Waals surface area contributed by atoms with E-state index in [2.05, 4.69) is 10.1 Å². The fourth-order valence-corrected chi connectivity index (χ4v) is 2.84. The van der Waals surface area contributed by atoms with E-state index in [1.54, 1.807) is 6.20 Å². The highest BCUT2D eigenvalue weighted by molar-refractivity contribution is 6.31. The maximum Gasteiger partial charge on any atom is 0.282 e. The van der Waals surface area contributed by atoms with Gasteiger partial charge in [0.05, 0.1) is 11.3 Å². The van der Waals surface area contributed by atoms with Crippen LogP contribution in [0.15, 0.2) is 53.5 Å². The monoisotopic (exact) mass is 309 g/mol. The van der Waals surface area contributed by atoms with Crippen molar-refractivity contribution in [2.24, 2.45) is 0 Å². The van der Waals surface area contributed by atoms with E-state index in [0.29, 0.717) is 16.3 Å². The molecule has 0 atom stereocenters. The predicted molar refractivity (Wildman–Crippen MR) is 88.1 cm³/mol. The minimum Gasteiger partial charge on any atom is -0.360 e. The Morgan fingerprint density at radius 1 is 1.18 bits per heavy atom. The molecule has 0 aromatic heterocycles. The van der Waals surface area contributed by atoms with Crippen LogP contribution in [-0.4, -0.2) is 14.8 Å². The molecule has 108 valence electrons. The van der Waals surface area contributed by atoms with Gasteiger partial charge in [-0.3, -0.25) is 4.79 Å². The van der Waals surface area contributed by atoms with Crippen molar-refractivity contribution in [1.29, 1.82) is 0 Å². The number of nitrogens with zero attached hydrogens (tertiary/aromatic N) is 2. The molecule has 0 bridgehead atoms. The first-order valence-corrected chi connectivity index (χ1v) is 7.28. The van der Waals surface area contributed by atoms with Crippen molar-refractivity contribution < 1.29 is 0 Å². The minimum atomic E-state index is -0.140. The Kier molecular flexibility index (Phi) is 2.81. The molecular weight excluding hydrogens is 298 g/mol. The van der Waals surface area contributed by atoms with E-state index in [1.807, 2.05) is 49.4 Å². The number of hydrogen-bond acceptors (Lipinski definition) is 2. The third-order valence-electron chi connectivity index (χ3n) is 3.73. The summed E-state index contributed by atoms with van der Waals surface area (Å²) in [4.78, 5) is 15.7. The van der Waals surface area contributed by atoms with Crippen LogP contribution in [0.5, 0.6) is 0 Å². The first kappa shape index (κ1) is 13.1. The van der Waals surface area contributed by atoms with Crippen LogP contribution in [0.1, 0.15) is 5.56 Å². The molecule has 0 radical (unpaired) electrons. The van der Waals surface area contributed by atoms with E-state index in [9.17, 15) is 4.79 Å². The molecule has 2 aromatic rings. The largest absolute Gasteiger partial charge is 0.360 e. The number of aromatic nitrogens is 3. The lowest BCUT2D eigenvalue weighted by molar-refractivity contribution is 0.858. The summed E-state index contributed by atoms with van der Waals surface area (Å²) in [6, 6.07) is 13.2. The highest BCUT2D eigenvalue weighted by Crippen LogP contribution is 2.28. The number of H-pyrrole nitrogens is 1. The van der Waals surface area contributed by atoms with Gasteiger partial charge in [-0.25, -0.2) is 0 Å². The molecule has 0 fully saturated rings. The Balaban J connectivity index is 2.08. The number of halogens is 1. The van der Waals surface area contributed by atoms with Crippen molar-refractivity contribution in [2.45, 2.75) is 6.92 Å². The zero-order valence-corrected chi connectivity index (χ0v) is 12.6. The minimum absolute atomic E-state index is 0.140. The van der Waals surface area contributed by atoms with E-state index in [0.717, 1.165) is 22.2 Å². The number of pyridine rings is 1. The first-order chi connectivity index (χ1) is 10.6. The van der Waals surface area contributed by atoms with Gasteiger partial charge in [-0.1, -0.05) is 23.7 Å². The molecule has 5 heteroatoms. The summed E-state index contributed by atoms with van der Waals surface area (Å²) < 4.78 is 1.44. The SMILES string of the molecule is Cc1cccc(-n2nc3c4cc(Cl)ccc4[nH]cc-3c2=O)c1. The molecule has 0 saturated carbocycles. The van der Waals surface area contributed by atoms with Crippen molar-refractivity contribution in [2.75, 3.05) is 0 Å². The maximum absolute atomic E-state index is 12.6. The van der Waals surface area contributed by atoms with Crippen LogP contribution in [-0.2, 0) is 0 Å². The van der Waals surface area contributed by atoms with Gasteiger partial charge in [0.1, 0.15) is 5.69 Å². The molecular formula is C17H12ClN3O. The highest BCUT2D eigenvalue weighted by atomic mass is 35.5. The smallest absolute Gasteiger partial charge is 0.282 e. The zero-order valence-electron chi connectivity index (χ0n) is 11.8. The van der Waals surface area contributed by atoms with Crippen LogP contribution < -0.4 is 5.56 Å². The molecule has 0 aliphatic carbocycles. The van der Waals surface area contributed by atoms with Crippen LogP contribution in [0.2, 0.25) is 5.02 Å². The molecule has 0 spiro atoms. The molecule has 2 aliphatic rings. The van der Waals surface area contributed by atoms with Gasteiger partial charge in [0, 0.05) is 22.1 Å². The van der Waals surface area contributed by atoms with Gasteiger partial charge < -0.3 is 4.98 Å². The number of benzene rings is 2. The van der Waals surface area contributed by atoms with Gasteiger partial charge >= 0.3 is 0 Å². The average molecular weight is 310 g/mol. The second kappa shape index (κ2) is 4.71. The molecule has 2 aliphatic heterocycles. The lowest BCUT2D eigenvalue weighted by atomic mass is 10.1. The highest BCUT2D eigenvalue weighted by Gasteiger charge is 2.19. The van der Waals surface area contributed by atoms with E-state index in [-0.39, 0.29) is 5.56 Å². The van der Waals surface area contributed by atoms with Gasteiger partial charge in [-0.15, -0.1) is 0 Å². The summed E-state index contributed by atoms with van der Waals surface area (Å²) >= 11 is 6.08. The van der Waals surface area contributed by atoms with Crippen LogP contribution in [0, 0.1) is 6.92 Å². The summed E-state index contributed by atoms with van der Waals surface area (Å²) in [5, 5.41) is 5.98. The molecule has 2 heterocycles. The fraction of sp³-hybridized carbons (Fsp3) is 0.0588. The summed E-state index contributed by atoms with van der Waals surface area (Å²) in [5.74, 6) is 0. The molecule has 0 unspecified atom stereocenters. The number of rotatable bonds is 1. The molecule has 2 aromatic carbocycles. The van der Waals surface area contributed by atoms with Gasteiger partial charge in [0.25, 0.3) is 5.56 Å². The number of aromatic amines is 1. The summed E-state index contributed by atoms with van der Waals surface area (Å²) in [6.45, 7) is 1.99. The van der Waals surface area contributed by atoms with E-state index < -0.39 is 0 Å². The second-order valence-corrected chi connectivity index (χ2v) is 5.73. The normalized spacial score (nSPS) is 11.4. The van der Waals surface area contributed by atoms with Gasteiger partial charge in [-0.2, -0.15) is 9.78 Å². The quantitative estimate of drug-likeness (QED) is 0.582. The van der Waals surface area contributed by atoms with Crippen LogP contribution in [0.25, 0.3) is 27.8 Å². The maximum atomic E-state index is 12.6. The summed E-state index contributed by atoms with van der Waals surface area (Å²) in [5.41, 5.74) is 3.80. The Bertz CT molecular complexity index is 1030. The van der Waals surface area contributed by atoms with Gasteiger partial charge in [0.15, 0.2) is 0 Å². The van der Waals surface area contributed by atoms with Crippen molar-refractivity contribution in [1.82, 2.24) is 14.8 Å². The Hall–Kier alpha value is -2.59. The first-order valence-electron chi connectivity index (χ1n) is 6.90. The van der Waals surface area contributed by atoms with Crippen molar-refractivity contribution in [3.05, 3.63) is 69.6 Å². The van der Waals surface area contributed by atoms with Crippen molar-refractivity contribution in [3.8, 4) is 16.9 Å². The van der Waals surface area contributed by atoms with Crippen molar-refractivity contribution in [3.63, 3.8) is 0 Å². The standard InChI is InChI=1S/C17H12ClN3O/c1-10-3-2-4-12(7-10)21-17(22)14-9-19-15-6-5-11(18)8-13(15)16(14)20-21/h2-9,19H,1H3. The molecule has 0 saturated heterocycles. The number of aryl methyl sites for hydroxylation is 1. The van der Waals surface area contributed by atoms with E-state index >= 15 is 0 Å². The van der Waals surface area contributed by atoms with Crippen LogP contribution in [0.4, 0.5) is 0 Å². The third kappa shape index (κ3) is 1.92. The molecule has 4 rings (SSSR count). The Morgan fingerprint density at radius 3 is 2.86 bits per heavy atom. The second-order valence-electron chi connectivity index (χ2n) is 5.30.